The van der Waals surface area contributed by atoms with E-state index >= 15 is 0 Å². The van der Waals surface area contributed by atoms with Gasteiger partial charge in [0.2, 0.25) is 0 Å². The molecule has 13 heavy (non-hydrogen) atoms. The van der Waals surface area contributed by atoms with E-state index in [0.717, 1.165) is 0 Å². The zero-order chi connectivity index (χ0) is 9.84. The number of halogens is 3. The second-order valence-corrected chi connectivity index (χ2v) is 3.90. The number of benzene rings is 1. The molecule has 0 unspecified atom stereocenters. The molecule has 1 nitrogen and oxygen atoms in total. The molecular formula is C9H3Br2FO. The van der Waals surface area contributed by atoms with Crippen LogP contribution in [0.5, 0.6) is 0 Å². The molecule has 0 bridgehead atoms. The first kappa shape index (κ1) is 10.4. The predicted molar refractivity (Wildman–Crippen MR) is 54.7 cm³/mol. The Bertz CT molecular complexity index is 381. The van der Waals surface area contributed by atoms with E-state index in [1.807, 2.05) is 0 Å². The zero-order valence-corrected chi connectivity index (χ0v) is 9.45. The minimum Gasteiger partial charge on any atom is -0.289 e. The summed E-state index contributed by atoms with van der Waals surface area (Å²) < 4.78 is 14.3. The number of hydrogen-bond acceptors (Lipinski definition) is 1. The molecular weight excluding hydrogens is 303 g/mol. The Morgan fingerprint density at radius 1 is 1.38 bits per heavy atom. The number of aldehydes is 1. The third kappa shape index (κ3) is 2.64. The van der Waals surface area contributed by atoms with Gasteiger partial charge >= 0.3 is 0 Å². The van der Waals surface area contributed by atoms with Crippen LogP contribution in [0.1, 0.15) is 5.56 Å². The molecule has 0 aliphatic rings. The number of carbonyl (C=O) groups is 1. The first-order valence-electron chi connectivity index (χ1n) is 3.25. The summed E-state index contributed by atoms with van der Waals surface area (Å²) in [5.74, 6) is 4.08. The molecule has 0 saturated carbocycles. The summed E-state index contributed by atoms with van der Waals surface area (Å²) in [5.41, 5.74) is 0.190. The van der Waals surface area contributed by atoms with Gasteiger partial charge in [-0.2, -0.15) is 0 Å². The van der Waals surface area contributed by atoms with Crippen molar-refractivity contribution in [3.8, 4) is 11.8 Å². The maximum absolute atomic E-state index is 13.2. The summed E-state index contributed by atoms with van der Waals surface area (Å²) in [6, 6.07) is 2.96. The summed E-state index contributed by atoms with van der Waals surface area (Å²) in [6.45, 7) is 0. The minimum atomic E-state index is -0.462. The average molecular weight is 306 g/mol. The van der Waals surface area contributed by atoms with Gasteiger partial charge in [-0.15, -0.1) is 0 Å². The van der Waals surface area contributed by atoms with E-state index in [4.69, 9.17) is 0 Å². The Balaban J connectivity index is 3.28. The maximum Gasteiger partial charge on any atom is 0.193 e. The standard InChI is InChI=1S/C9H3Br2FO/c10-6-4-8(11)7(2-1-3-13)9(12)5-6/h3-5H. The van der Waals surface area contributed by atoms with Crippen molar-refractivity contribution < 1.29 is 9.18 Å². The third-order valence-corrected chi connectivity index (χ3v) is 2.35. The van der Waals surface area contributed by atoms with Gasteiger partial charge in [0.15, 0.2) is 6.29 Å². The van der Waals surface area contributed by atoms with Crippen molar-refractivity contribution in [2.45, 2.75) is 0 Å². The van der Waals surface area contributed by atoms with Crippen molar-refractivity contribution in [2.75, 3.05) is 0 Å². The van der Waals surface area contributed by atoms with Crippen LogP contribution in [-0.2, 0) is 4.79 Å². The van der Waals surface area contributed by atoms with Crippen molar-refractivity contribution >= 4 is 38.1 Å². The smallest absolute Gasteiger partial charge is 0.193 e. The number of carbonyl (C=O) groups excluding carboxylic acids is 1. The van der Waals surface area contributed by atoms with Crippen LogP contribution in [0.2, 0.25) is 0 Å². The fourth-order valence-corrected chi connectivity index (χ4v) is 2.04. The summed E-state index contributed by atoms with van der Waals surface area (Å²) >= 11 is 6.27. The van der Waals surface area contributed by atoms with Gasteiger partial charge in [-0.3, -0.25) is 4.79 Å². The Labute approximate surface area is 91.6 Å². The predicted octanol–water partition coefficient (Wildman–Crippen LogP) is 2.90. The molecule has 0 amide bonds. The highest BCUT2D eigenvalue weighted by Gasteiger charge is 2.05. The summed E-state index contributed by atoms with van der Waals surface area (Å²) in [7, 11) is 0. The van der Waals surface area contributed by atoms with Gasteiger partial charge in [0, 0.05) is 8.95 Å². The zero-order valence-electron chi connectivity index (χ0n) is 6.27. The molecule has 0 spiro atoms. The summed E-state index contributed by atoms with van der Waals surface area (Å²) in [5, 5.41) is 0. The van der Waals surface area contributed by atoms with Crippen LogP contribution >= 0.6 is 31.9 Å². The molecule has 0 saturated heterocycles. The van der Waals surface area contributed by atoms with Gasteiger partial charge in [0.1, 0.15) is 5.82 Å². The average Bonchev–Trinajstić information content (AvgIpc) is 2.02. The van der Waals surface area contributed by atoms with Crippen LogP contribution in [0.3, 0.4) is 0 Å². The van der Waals surface area contributed by atoms with E-state index in [1.165, 1.54) is 6.07 Å². The van der Waals surface area contributed by atoms with Crippen molar-refractivity contribution in [3.05, 3.63) is 32.5 Å². The highest BCUT2D eigenvalue weighted by molar-refractivity contribution is 9.11. The molecule has 66 valence electrons. The van der Waals surface area contributed by atoms with Crippen molar-refractivity contribution in [1.29, 1.82) is 0 Å². The van der Waals surface area contributed by atoms with Gasteiger partial charge in [-0.1, -0.05) is 21.9 Å². The molecule has 0 fully saturated rings. The lowest BCUT2D eigenvalue weighted by atomic mass is 10.2. The van der Waals surface area contributed by atoms with Crippen LogP contribution in [0, 0.1) is 17.7 Å². The van der Waals surface area contributed by atoms with Crippen LogP contribution in [-0.4, -0.2) is 6.29 Å². The highest BCUT2D eigenvalue weighted by atomic mass is 79.9. The molecule has 0 atom stereocenters. The molecule has 0 N–H and O–H groups in total. The van der Waals surface area contributed by atoms with Gasteiger partial charge in [-0.05, 0) is 34.0 Å². The lowest BCUT2D eigenvalue weighted by molar-refractivity contribution is -0.103. The quantitative estimate of drug-likeness (QED) is 0.532. The monoisotopic (exact) mass is 304 g/mol. The molecule has 1 rings (SSSR count). The topological polar surface area (TPSA) is 17.1 Å². The minimum absolute atomic E-state index is 0.190. The van der Waals surface area contributed by atoms with E-state index in [0.29, 0.717) is 15.2 Å². The Hall–Kier alpha value is -0.660. The first-order valence-corrected chi connectivity index (χ1v) is 4.83. The second-order valence-electron chi connectivity index (χ2n) is 2.13. The fourth-order valence-electron chi connectivity index (χ4n) is 0.763. The highest BCUT2D eigenvalue weighted by Crippen LogP contribution is 2.24. The SMILES string of the molecule is O=CC#Cc1c(F)cc(Br)cc1Br. The Morgan fingerprint density at radius 2 is 2.08 bits per heavy atom. The van der Waals surface area contributed by atoms with E-state index in [1.54, 1.807) is 6.07 Å². The largest absolute Gasteiger partial charge is 0.289 e. The lowest BCUT2D eigenvalue weighted by Gasteiger charge is -1.98. The summed E-state index contributed by atoms with van der Waals surface area (Å²) in [4.78, 5) is 9.95. The van der Waals surface area contributed by atoms with Crippen molar-refractivity contribution in [2.24, 2.45) is 0 Å². The lowest BCUT2D eigenvalue weighted by Crippen LogP contribution is -1.85. The fraction of sp³-hybridized carbons (Fsp3) is 0. The van der Waals surface area contributed by atoms with E-state index in [2.05, 4.69) is 43.7 Å². The van der Waals surface area contributed by atoms with Crippen LogP contribution in [0.25, 0.3) is 0 Å². The van der Waals surface area contributed by atoms with Gasteiger partial charge in [0.25, 0.3) is 0 Å². The van der Waals surface area contributed by atoms with E-state index in [-0.39, 0.29) is 5.56 Å². The Kier molecular flexibility index (Phi) is 3.64. The van der Waals surface area contributed by atoms with E-state index < -0.39 is 5.82 Å². The van der Waals surface area contributed by atoms with Gasteiger partial charge < -0.3 is 0 Å². The van der Waals surface area contributed by atoms with Gasteiger partial charge in [-0.25, -0.2) is 4.39 Å². The van der Waals surface area contributed by atoms with Crippen molar-refractivity contribution in [1.82, 2.24) is 0 Å². The Morgan fingerprint density at radius 3 is 2.62 bits per heavy atom. The molecule has 1 aromatic carbocycles. The van der Waals surface area contributed by atoms with E-state index in [9.17, 15) is 9.18 Å². The van der Waals surface area contributed by atoms with Gasteiger partial charge in [0.05, 0.1) is 5.56 Å². The third-order valence-electron chi connectivity index (χ3n) is 1.26. The molecule has 4 heteroatoms. The number of rotatable bonds is 0. The van der Waals surface area contributed by atoms with Crippen LogP contribution in [0.15, 0.2) is 21.1 Å². The molecule has 0 aliphatic heterocycles. The molecule has 0 aliphatic carbocycles. The molecule has 0 heterocycles. The molecule has 0 aromatic heterocycles. The normalized spacial score (nSPS) is 8.85. The maximum atomic E-state index is 13.2. The first-order chi connectivity index (χ1) is 6.15. The number of hydrogen-bond donors (Lipinski definition) is 0. The van der Waals surface area contributed by atoms with Crippen LogP contribution in [0.4, 0.5) is 4.39 Å². The summed E-state index contributed by atoms with van der Waals surface area (Å²) in [6.07, 6.45) is 0.425. The molecule has 0 radical (unpaired) electrons. The second kappa shape index (κ2) is 4.54. The van der Waals surface area contributed by atoms with Crippen molar-refractivity contribution in [3.63, 3.8) is 0 Å². The molecule has 1 aromatic rings. The van der Waals surface area contributed by atoms with Crippen LogP contribution < -0.4 is 0 Å².